The van der Waals surface area contributed by atoms with Crippen molar-refractivity contribution in [3.05, 3.63) is 28.8 Å². The molecule has 4 nitrogen and oxygen atoms in total. The fourth-order valence-electron chi connectivity index (χ4n) is 2.66. The number of rotatable bonds is 3. The molecular weight excluding hydrogens is 276 g/mol. The Morgan fingerprint density at radius 1 is 1.55 bits per heavy atom. The lowest BCUT2D eigenvalue weighted by Crippen LogP contribution is -2.45. The Morgan fingerprint density at radius 3 is 2.95 bits per heavy atom. The largest absolute Gasteiger partial charge is 0.496 e. The lowest BCUT2D eigenvalue weighted by molar-refractivity contribution is 0.0658. The van der Waals surface area contributed by atoms with Gasteiger partial charge in [0.25, 0.3) is 5.91 Å². The topological polar surface area (TPSA) is 55.6 Å². The second-order valence-electron chi connectivity index (χ2n) is 5.33. The summed E-state index contributed by atoms with van der Waals surface area (Å²) in [5, 5.41) is 0.428. The second-order valence-corrected chi connectivity index (χ2v) is 5.74. The van der Waals surface area contributed by atoms with Gasteiger partial charge >= 0.3 is 0 Å². The molecule has 0 radical (unpaired) electrons. The van der Waals surface area contributed by atoms with Crippen molar-refractivity contribution in [2.24, 2.45) is 11.7 Å². The number of carbonyl (C=O) groups is 1. The molecule has 0 saturated carbocycles. The molecule has 1 amide bonds. The minimum Gasteiger partial charge on any atom is -0.496 e. The third-order valence-corrected chi connectivity index (χ3v) is 4.21. The Labute approximate surface area is 124 Å². The number of halogens is 1. The van der Waals surface area contributed by atoms with E-state index in [-0.39, 0.29) is 11.9 Å². The molecule has 0 aliphatic carbocycles. The Hall–Kier alpha value is -1.26. The fourth-order valence-corrected chi connectivity index (χ4v) is 2.91. The maximum Gasteiger partial charge on any atom is 0.259 e. The Balaban J connectivity index is 2.23. The van der Waals surface area contributed by atoms with Gasteiger partial charge in [0.15, 0.2) is 0 Å². The van der Waals surface area contributed by atoms with Crippen molar-refractivity contribution in [3.63, 3.8) is 0 Å². The Bertz CT molecular complexity index is 491. The van der Waals surface area contributed by atoms with E-state index in [1.54, 1.807) is 25.3 Å². The molecule has 1 aliphatic rings. The number of carbonyl (C=O) groups excluding carboxylic acids is 1. The van der Waals surface area contributed by atoms with Crippen molar-refractivity contribution >= 4 is 17.5 Å². The molecule has 2 N–H and O–H groups in total. The SMILES string of the molecule is COc1cccc(Cl)c1C(=O)N1CCC[C@@H]([C@@H](C)N)C1. The zero-order chi connectivity index (χ0) is 14.7. The van der Waals surface area contributed by atoms with Gasteiger partial charge in [-0.05, 0) is 37.8 Å². The van der Waals surface area contributed by atoms with E-state index < -0.39 is 0 Å². The molecule has 2 atom stereocenters. The summed E-state index contributed by atoms with van der Waals surface area (Å²) in [4.78, 5) is 14.5. The number of methoxy groups -OCH3 is 1. The number of hydrogen-bond acceptors (Lipinski definition) is 3. The molecule has 20 heavy (non-hydrogen) atoms. The van der Waals surface area contributed by atoms with E-state index in [1.165, 1.54) is 0 Å². The molecule has 5 heteroatoms. The quantitative estimate of drug-likeness (QED) is 0.932. The van der Waals surface area contributed by atoms with E-state index in [1.807, 2.05) is 11.8 Å². The highest BCUT2D eigenvalue weighted by molar-refractivity contribution is 6.34. The van der Waals surface area contributed by atoms with Gasteiger partial charge in [0.05, 0.1) is 12.1 Å². The summed E-state index contributed by atoms with van der Waals surface area (Å²) in [7, 11) is 1.55. The molecule has 0 aromatic heterocycles. The van der Waals surface area contributed by atoms with E-state index in [2.05, 4.69) is 0 Å². The number of amides is 1. The zero-order valence-electron chi connectivity index (χ0n) is 11.9. The van der Waals surface area contributed by atoms with Crippen LogP contribution in [-0.2, 0) is 0 Å². The maximum atomic E-state index is 12.7. The van der Waals surface area contributed by atoms with E-state index in [4.69, 9.17) is 22.1 Å². The van der Waals surface area contributed by atoms with E-state index in [9.17, 15) is 4.79 Å². The number of nitrogens with two attached hydrogens (primary N) is 1. The van der Waals surface area contributed by atoms with Crippen LogP contribution in [0.4, 0.5) is 0 Å². The van der Waals surface area contributed by atoms with Crippen LogP contribution in [0.15, 0.2) is 18.2 Å². The van der Waals surface area contributed by atoms with Crippen LogP contribution in [0.25, 0.3) is 0 Å². The van der Waals surface area contributed by atoms with Crippen LogP contribution in [0.3, 0.4) is 0 Å². The van der Waals surface area contributed by atoms with Gasteiger partial charge < -0.3 is 15.4 Å². The predicted octanol–water partition coefficient (Wildman–Crippen LogP) is 2.55. The number of nitrogens with zero attached hydrogens (tertiary/aromatic N) is 1. The Morgan fingerprint density at radius 2 is 2.30 bits per heavy atom. The molecule has 2 rings (SSSR count). The van der Waals surface area contributed by atoms with Gasteiger partial charge in [-0.25, -0.2) is 0 Å². The molecule has 1 saturated heterocycles. The van der Waals surface area contributed by atoms with Gasteiger partial charge in [-0.1, -0.05) is 17.7 Å². The first-order valence-electron chi connectivity index (χ1n) is 6.92. The summed E-state index contributed by atoms with van der Waals surface area (Å²) < 4.78 is 5.26. The average molecular weight is 297 g/mol. The molecular formula is C15H21ClN2O2. The van der Waals surface area contributed by atoms with Gasteiger partial charge in [-0.2, -0.15) is 0 Å². The maximum absolute atomic E-state index is 12.7. The highest BCUT2D eigenvalue weighted by Gasteiger charge is 2.29. The summed E-state index contributed by atoms with van der Waals surface area (Å²) >= 11 is 6.17. The van der Waals surface area contributed by atoms with Crippen LogP contribution in [0, 0.1) is 5.92 Å². The zero-order valence-corrected chi connectivity index (χ0v) is 12.7. The van der Waals surface area contributed by atoms with Crippen LogP contribution >= 0.6 is 11.6 Å². The van der Waals surface area contributed by atoms with E-state index in [0.29, 0.717) is 28.8 Å². The van der Waals surface area contributed by atoms with Crippen LogP contribution in [0.5, 0.6) is 5.75 Å². The molecule has 1 aromatic carbocycles. The highest BCUT2D eigenvalue weighted by Crippen LogP contribution is 2.29. The monoisotopic (exact) mass is 296 g/mol. The average Bonchev–Trinajstić information content (AvgIpc) is 2.46. The Kier molecular flexibility index (Phi) is 4.89. The van der Waals surface area contributed by atoms with Crippen LogP contribution < -0.4 is 10.5 Å². The van der Waals surface area contributed by atoms with Gasteiger partial charge in [0.2, 0.25) is 0 Å². The van der Waals surface area contributed by atoms with Gasteiger partial charge in [-0.15, -0.1) is 0 Å². The van der Waals surface area contributed by atoms with Crippen molar-refractivity contribution < 1.29 is 9.53 Å². The van der Waals surface area contributed by atoms with Crippen molar-refractivity contribution in [1.82, 2.24) is 4.90 Å². The first-order chi connectivity index (χ1) is 9.54. The van der Waals surface area contributed by atoms with Gasteiger partial charge in [0, 0.05) is 19.1 Å². The third-order valence-electron chi connectivity index (χ3n) is 3.90. The van der Waals surface area contributed by atoms with Gasteiger partial charge in [-0.3, -0.25) is 4.79 Å². The smallest absolute Gasteiger partial charge is 0.259 e. The van der Waals surface area contributed by atoms with E-state index >= 15 is 0 Å². The molecule has 0 unspecified atom stereocenters. The minimum atomic E-state index is -0.0715. The van der Waals surface area contributed by atoms with Crippen molar-refractivity contribution in [2.75, 3.05) is 20.2 Å². The molecule has 0 bridgehead atoms. The standard InChI is InChI=1S/C15H21ClN2O2/c1-10(17)11-5-4-8-18(9-11)15(19)14-12(16)6-3-7-13(14)20-2/h3,6-7,10-11H,4-5,8-9,17H2,1-2H3/t10-,11-/m1/s1. The molecule has 1 fully saturated rings. The van der Waals surface area contributed by atoms with Crippen LogP contribution in [0.1, 0.15) is 30.1 Å². The molecule has 1 aliphatic heterocycles. The highest BCUT2D eigenvalue weighted by atomic mass is 35.5. The summed E-state index contributed by atoms with van der Waals surface area (Å²) in [5.74, 6) is 0.796. The van der Waals surface area contributed by atoms with Crippen molar-refractivity contribution in [1.29, 1.82) is 0 Å². The van der Waals surface area contributed by atoms with Crippen molar-refractivity contribution in [2.45, 2.75) is 25.8 Å². The first-order valence-corrected chi connectivity index (χ1v) is 7.29. The number of ether oxygens (including phenoxy) is 1. The van der Waals surface area contributed by atoms with Crippen molar-refractivity contribution in [3.8, 4) is 5.75 Å². The lowest BCUT2D eigenvalue weighted by Gasteiger charge is -2.35. The summed E-state index contributed by atoms with van der Waals surface area (Å²) in [6, 6.07) is 5.34. The minimum absolute atomic E-state index is 0.0715. The van der Waals surface area contributed by atoms with Crippen LogP contribution in [0.2, 0.25) is 5.02 Å². The normalized spacial score (nSPS) is 20.6. The fraction of sp³-hybridized carbons (Fsp3) is 0.533. The molecule has 110 valence electrons. The first kappa shape index (κ1) is 15.1. The second kappa shape index (κ2) is 6.46. The third kappa shape index (κ3) is 3.07. The van der Waals surface area contributed by atoms with Gasteiger partial charge in [0.1, 0.15) is 11.3 Å². The number of likely N-dealkylation sites (tertiary alicyclic amines) is 1. The summed E-state index contributed by atoms with van der Waals surface area (Å²) in [5.41, 5.74) is 6.41. The molecule has 1 aromatic rings. The van der Waals surface area contributed by atoms with E-state index in [0.717, 1.165) is 19.4 Å². The number of benzene rings is 1. The lowest BCUT2D eigenvalue weighted by atomic mass is 9.92. The van der Waals surface area contributed by atoms with Crippen LogP contribution in [-0.4, -0.2) is 37.0 Å². The molecule has 0 spiro atoms. The summed E-state index contributed by atoms with van der Waals surface area (Å²) in [6.45, 7) is 3.43. The summed E-state index contributed by atoms with van der Waals surface area (Å²) in [6.07, 6.45) is 2.05. The number of hydrogen-bond donors (Lipinski definition) is 1. The predicted molar refractivity (Wildman–Crippen MR) is 80.3 cm³/mol. The molecule has 1 heterocycles. The number of piperidine rings is 1.